The fraction of sp³-hybridized carbons (Fsp3) is 0.292. The number of hydrogen-bond acceptors (Lipinski definition) is 2. The summed E-state index contributed by atoms with van der Waals surface area (Å²) in [5.74, 6) is 2.42. The van der Waals surface area contributed by atoms with E-state index in [1.54, 1.807) is 0 Å². The van der Waals surface area contributed by atoms with Crippen LogP contribution in [0.4, 0.5) is 0 Å². The normalized spacial score (nSPS) is 12.7. The van der Waals surface area contributed by atoms with Crippen molar-refractivity contribution in [2.45, 2.75) is 40.5 Å². The number of ether oxygens (including phenoxy) is 1. The number of aryl methyl sites for hydroxylation is 3. The van der Waals surface area contributed by atoms with Crippen molar-refractivity contribution in [2.24, 2.45) is 7.05 Å². The van der Waals surface area contributed by atoms with E-state index in [4.69, 9.17) is 4.74 Å². The van der Waals surface area contributed by atoms with E-state index in [1.165, 1.54) is 54.5 Å². The van der Waals surface area contributed by atoms with Gasteiger partial charge >= 0.3 is 0 Å². The van der Waals surface area contributed by atoms with E-state index in [9.17, 15) is 0 Å². The second-order valence-electron chi connectivity index (χ2n) is 8.10. The SMILES string of the molecule is Cc1cc2c3c(c(C)c(C)cc3c1)-c1c(c(C(C)C)c3ccsc3[n+]1C)O2. The first-order valence-corrected chi connectivity index (χ1v) is 10.4. The average molecular weight is 375 g/mol. The van der Waals surface area contributed by atoms with E-state index < -0.39 is 0 Å². The van der Waals surface area contributed by atoms with Crippen LogP contribution in [0.2, 0.25) is 0 Å². The maximum Gasteiger partial charge on any atom is 0.269 e. The van der Waals surface area contributed by atoms with Gasteiger partial charge in [-0.15, -0.1) is 0 Å². The van der Waals surface area contributed by atoms with Crippen molar-refractivity contribution in [3.05, 3.63) is 51.9 Å². The second kappa shape index (κ2) is 5.56. The average Bonchev–Trinajstić information content (AvgIpc) is 3.07. The summed E-state index contributed by atoms with van der Waals surface area (Å²) in [5, 5.41) is 6.02. The molecule has 4 aromatic rings. The van der Waals surface area contributed by atoms with Gasteiger partial charge in [0.2, 0.25) is 5.75 Å². The van der Waals surface area contributed by atoms with Gasteiger partial charge in [-0.05, 0) is 66.3 Å². The van der Waals surface area contributed by atoms with Crippen LogP contribution in [-0.4, -0.2) is 0 Å². The first kappa shape index (κ1) is 16.8. The van der Waals surface area contributed by atoms with Gasteiger partial charge in [-0.2, -0.15) is 4.57 Å². The number of fused-ring (bicyclic) bond motifs is 3. The van der Waals surface area contributed by atoms with Gasteiger partial charge in [-0.1, -0.05) is 37.3 Å². The maximum absolute atomic E-state index is 6.66. The zero-order valence-corrected chi connectivity index (χ0v) is 17.5. The molecule has 0 spiro atoms. The summed E-state index contributed by atoms with van der Waals surface area (Å²) in [6, 6.07) is 9.00. The van der Waals surface area contributed by atoms with Crippen molar-refractivity contribution in [2.75, 3.05) is 0 Å². The molecule has 1 aliphatic heterocycles. The van der Waals surface area contributed by atoms with Crippen molar-refractivity contribution in [3.8, 4) is 22.8 Å². The van der Waals surface area contributed by atoms with Crippen LogP contribution in [0.5, 0.6) is 11.5 Å². The summed E-state index contributed by atoms with van der Waals surface area (Å²) in [6.07, 6.45) is 0. The number of pyridine rings is 1. The van der Waals surface area contributed by atoms with Crippen LogP contribution in [0.25, 0.3) is 32.2 Å². The highest BCUT2D eigenvalue weighted by Gasteiger charge is 2.35. The predicted octanol–water partition coefficient (Wildman–Crippen LogP) is 6.70. The number of nitrogens with zero attached hydrogens (tertiary/aromatic N) is 1. The van der Waals surface area contributed by atoms with Crippen molar-refractivity contribution < 1.29 is 9.30 Å². The molecule has 3 heteroatoms. The minimum atomic E-state index is 0.393. The number of benzene rings is 2. The van der Waals surface area contributed by atoms with Crippen molar-refractivity contribution in [1.82, 2.24) is 0 Å². The van der Waals surface area contributed by atoms with Crippen molar-refractivity contribution >= 4 is 32.3 Å². The van der Waals surface area contributed by atoms with Gasteiger partial charge in [0, 0.05) is 10.9 Å². The van der Waals surface area contributed by atoms with Gasteiger partial charge in [-0.3, -0.25) is 0 Å². The topological polar surface area (TPSA) is 13.1 Å². The molecule has 2 nitrogen and oxygen atoms in total. The minimum Gasteiger partial charge on any atom is -0.449 e. The summed E-state index contributed by atoms with van der Waals surface area (Å²) >= 11 is 1.81. The smallest absolute Gasteiger partial charge is 0.269 e. The summed E-state index contributed by atoms with van der Waals surface area (Å²) in [7, 11) is 2.18. The largest absolute Gasteiger partial charge is 0.449 e. The van der Waals surface area contributed by atoms with Gasteiger partial charge in [0.1, 0.15) is 12.8 Å². The number of aromatic nitrogens is 1. The molecule has 0 atom stereocenters. The van der Waals surface area contributed by atoms with E-state index in [0.29, 0.717) is 5.92 Å². The lowest BCUT2D eigenvalue weighted by molar-refractivity contribution is -0.631. The lowest BCUT2D eigenvalue weighted by atomic mass is 9.87. The van der Waals surface area contributed by atoms with Crippen LogP contribution >= 0.6 is 11.3 Å². The van der Waals surface area contributed by atoms with Gasteiger partial charge in [0.15, 0.2) is 0 Å². The molecule has 27 heavy (non-hydrogen) atoms. The Bertz CT molecular complexity index is 1260. The Morgan fingerprint density at radius 3 is 2.59 bits per heavy atom. The molecular formula is C24H24NOS+. The molecular weight excluding hydrogens is 350 g/mol. The molecule has 0 unspecified atom stereocenters. The Kier molecular flexibility index (Phi) is 3.45. The molecule has 2 aromatic heterocycles. The lowest BCUT2D eigenvalue weighted by Gasteiger charge is -2.25. The summed E-state index contributed by atoms with van der Waals surface area (Å²) in [6.45, 7) is 11.1. The van der Waals surface area contributed by atoms with E-state index in [1.807, 2.05) is 11.3 Å². The molecule has 2 aromatic carbocycles. The first-order chi connectivity index (χ1) is 12.9. The van der Waals surface area contributed by atoms with Crippen LogP contribution in [0, 0.1) is 20.8 Å². The maximum atomic E-state index is 6.66. The fourth-order valence-electron chi connectivity index (χ4n) is 4.60. The lowest BCUT2D eigenvalue weighted by Crippen LogP contribution is -2.33. The van der Waals surface area contributed by atoms with E-state index >= 15 is 0 Å². The zero-order chi connectivity index (χ0) is 19.0. The van der Waals surface area contributed by atoms with Crippen LogP contribution in [0.3, 0.4) is 0 Å². The molecule has 0 N–H and O–H groups in total. The Morgan fingerprint density at radius 2 is 1.85 bits per heavy atom. The van der Waals surface area contributed by atoms with Gasteiger partial charge in [0.05, 0.1) is 10.9 Å². The molecule has 3 heterocycles. The quantitative estimate of drug-likeness (QED) is 0.298. The number of rotatable bonds is 1. The Morgan fingerprint density at radius 1 is 1.07 bits per heavy atom. The molecule has 1 aliphatic rings. The van der Waals surface area contributed by atoms with Crippen molar-refractivity contribution in [1.29, 1.82) is 0 Å². The third-order valence-electron chi connectivity index (χ3n) is 5.93. The van der Waals surface area contributed by atoms with Gasteiger partial charge < -0.3 is 4.74 Å². The van der Waals surface area contributed by atoms with Gasteiger partial charge in [0.25, 0.3) is 10.5 Å². The highest BCUT2D eigenvalue weighted by atomic mass is 32.1. The highest BCUT2D eigenvalue weighted by Crippen LogP contribution is 2.51. The van der Waals surface area contributed by atoms with E-state index in [0.717, 1.165) is 11.5 Å². The predicted molar refractivity (Wildman–Crippen MR) is 114 cm³/mol. The summed E-state index contributed by atoms with van der Waals surface area (Å²) in [4.78, 5) is 1.31. The molecule has 136 valence electrons. The number of hydrogen-bond donors (Lipinski definition) is 0. The minimum absolute atomic E-state index is 0.393. The first-order valence-electron chi connectivity index (χ1n) is 9.54. The third kappa shape index (κ3) is 2.15. The Balaban J connectivity index is 2.06. The van der Waals surface area contributed by atoms with E-state index in [-0.39, 0.29) is 0 Å². The molecule has 0 fully saturated rings. The highest BCUT2D eigenvalue weighted by molar-refractivity contribution is 7.16. The van der Waals surface area contributed by atoms with Crippen LogP contribution in [-0.2, 0) is 7.05 Å². The standard InChI is InChI=1S/C24H24NOS/c1-12(2)19-17-7-8-27-24(17)25(6)22-20-15(5)14(4)11-16-9-13(3)10-18(21(16)20)26-23(19)22/h7-12H,1-6H3/q+1. The number of thiophene rings is 1. The molecule has 0 amide bonds. The third-order valence-corrected chi connectivity index (χ3v) is 6.92. The molecule has 0 aliphatic carbocycles. The Labute approximate surface area is 164 Å². The summed E-state index contributed by atoms with van der Waals surface area (Å²) < 4.78 is 9.00. The summed E-state index contributed by atoms with van der Waals surface area (Å²) in [5.41, 5.74) is 7.79. The monoisotopic (exact) mass is 374 g/mol. The van der Waals surface area contributed by atoms with Crippen LogP contribution in [0.15, 0.2) is 29.6 Å². The second-order valence-corrected chi connectivity index (χ2v) is 9.00. The zero-order valence-electron chi connectivity index (χ0n) is 16.7. The van der Waals surface area contributed by atoms with Gasteiger partial charge in [-0.25, -0.2) is 0 Å². The molecule has 0 saturated carbocycles. The molecule has 5 rings (SSSR count). The fourth-order valence-corrected chi connectivity index (χ4v) is 5.49. The molecule has 0 bridgehead atoms. The van der Waals surface area contributed by atoms with Crippen LogP contribution < -0.4 is 9.30 Å². The van der Waals surface area contributed by atoms with Crippen LogP contribution in [0.1, 0.15) is 42.0 Å². The Hall–Kier alpha value is -2.39. The molecule has 0 radical (unpaired) electrons. The van der Waals surface area contributed by atoms with E-state index in [2.05, 4.69) is 75.9 Å². The molecule has 0 saturated heterocycles. The van der Waals surface area contributed by atoms with Crippen molar-refractivity contribution in [3.63, 3.8) is 0 Å².